The van der Waals surface area contributed by atoms with Gasteiger partial charge in [-0.2, -0.15) is 0 Å². The summed E-state index contributed by atoms with van der Waals surface area (Å²) in [6.45, 7) is 0.254. The standard InChI is InChI=1S/C48H99N33O8/c49-25(9-1-17-67-41(51)52)34(83)76-27(11-3-19-69-43(55)56)36(85)78-29(13-5-21-71-45(59)60)38(87)80-31(15-7-23-73-47(63)64)40(89)81-32(16-8-24-74-48(65)66)39(88)79-30(14-6-22-72-46(61)62)37(86)77-28(12-4-20-70-44(57)58)35(84)75-26(33(50)82)10-2-18-68-42(53)54/h25-32H,1-24,49H2,(H2,50,82)(H,75,84)(H,76,83)(H,77,86)(H,78,85)(H,79,88)(H,80,87)(H,81,89)(H4,51,52,67)(H4,53,54,68)(H4,55,56,69)(H4,57,58,70)(H4,59,60,71)(H4,61,62,72)(H4,63,64,73)(H4,65,66,74)/t25-,26-,27-,28-,29-,30-,31-,32-/m0/s1. The Hall–Kier alpha value is -10.1. The molecular formula is C48H99N33O8. The minimum Gasteiger partial charge on any atom is -0.370 e. The molecule has 8 atom stereocenters. The van der Waals surface area contributed by atoms with Crippen molar-refractivity contribution in [3.63, 3.8) is 0 Å². The number of carbonyl (C=O) groups is 8. The van der Waals surface area contributed by atoms with Crippen LogP contribution in [0.4, 0.5) is 0 Å². The van der Waals surface area contributed by atoms with E-state index in [9.17, 15) is 38.4 Å². The van der Waals surface area contributed by atoms with Gasteiger partial charge in [0.25, 0.3) is 0 Å². The van der Waals surface area contributed by atoms with Gasteiger partial charge in [-0.3, -0.25) is 78.3 Å². The van der Waals surface area contributed by atoms with Crippen molar-refractivity contribution in [1.29, 1.82) is 0 Å². The summed E-state index contributed by atoms with van der Waals surface area (Å²) >= 11 is 0. The van der Waals surface area contributed by atoms with Crippen LogP contribution in [0.5, 0.6) is 0 Å². The quantitative estimate of drug-likeness (QED) is 0.0153. The maximum absolute atomic E-state index is 14.7. The first-order valence-corrected chi connectivity index (χ1v) is 28.5. The second kappa shape index (κ2) is 45.2. The summed E-state index contributed by atoms with van der Waals surface area (Å²) in [5.74, 6) is -8.89. The van der Waals surface area contributed by atoms with Crippen molar-refractivity contribution in [2.75, 3.05) is 52.4 Å². The predicted molar refractivity (Wildman–Crippen MR) is 340 cm³/mol. The Balaban J connectivity index is 7.48. The molecule has 0 fully saturated rings. The van der Waals surface area contributed by atoms with Gasteiger partial charge in [-0.15, -0.1) is 0 Å². The fourth-order valence-corrected chi connectivity index (χ4v) is 7.99. The summed E-state index contributed by atoms with van der Waals surface area (Å²) in [6.07, 6.45) is 0.466. The highest BCUT2D eigenvalue weighted by atomic mass is 16.2. The highest BCUT2D eigenvalue weighted by Crippen LogP contribution is 2.11. The lowest BCUT2D eigenvalue weighted by Crippen LogP contribution is -2.60. The number of hydrogen-bond donors (Lipinski definition) is 25. The van der Waals surface area contributed by atoms with Gasteiger partial charge in [0.2, 0.25) is 47.3 Å². The SMILES string of the molecule is NC(=O)[C@H](CCCN=C(N)N)NC(=O)[C@H](CCCN=C(N)N)NC(=O)[C@H](CCCN=C(N)N)NC(=O)[C@H](CCCN=C(N)N)NC(=O)[C@H](CCCN=C(N)N)NC(=O)[C@H](CCCN=C(N)N)NC(=O)[C@H](CCCN=C(N)N)NC(=O)[C@@H](N)CCCN=C(N)N. The van der Waals surface area contributed by atoms with E-state index in [1.807, 2.05) is 0 Å². The minimum absolute atomic E-state index is 0.00638. The van der Waals surface area contributed by atoms with Gasteiger partial charge < -0.3 is 140 Å². The molecule has 0 saturated carbocycles. The lowest BCUT2D eigenvalue weighted by molar-refractivity contribution is -0.136. The summed E-state index contributed by atoms with van der Waals surface area (Å²) in [5, 5.41) is 18.4. The molecule has 0 heterocycles. The molecule has 0 radical (unpaired) electrons. The Bertz CT molecular complexity index is 2470. The third-order valence-corrected chi connectivity index (χ3v) is 12.4. The zero-order chi connectivity index (χ0) is 67.4. The second-order valence-corrected chi connectivity index (χ2v) is 20.0. The van der Waals surface area contributed by atoms with Gasteiger partial charge in [-0.1, -0.05) is 0 Å². The van der Waals surface area contributed by atoms with Gasteiger partial charge in [-0.25, -0.2) is 0 Å². The lowest BCUT2D eigenvalue weighted by atomic mass is 10.0. The monoisotopic (exact) mass is 1270 g/mol. The molecule has 0 aromatic rings. The van der Waals surface area contributed by atoms with E-state index in [0.717, 1.165) is 0 Å². The number of nitrogens with two attached hydrogens (primary N) is 18. The van der Waals surface area contributed by atoms with Crippen molar-refractivity contribution in [3.05, 3.63) is 0 Å². The molecule has 43 N–H and O–H groups in total. The number of guanidine groups is 8. The van der Waals surface area contributed by atoms with Crippen LogP contribution >= 0.6 is 0 Å². The normalized spacial score (nSPS) is 13.3. The Morgan fingerprint density at radius 3 is 0.539 bits per heavy atom. The largest absolute Gasteiger partial charge is 0.370 e. The average molecular weight is 1270 g/mol. The number of hydrogen-bond acceptors (Lipinski definition) is 17. The molecule has 0 spiro atoms. The van der Waals surface area contributed by atoms with Crippen molar-refractivity contribution < 1.29 is 38.4 Å². The molecule has 0 aliphatic carbocycles. The van der Waals surface area contributed by atoms with Crippen LogP contribution in [-0.2, 0) is 38.4 Å². The van der Waals surface area contributed by atoms with Crippen LogP contribution in [0.1, 0.15) is 103 Å². The Labute approximate surface area is 515 Å². The molecule has 8 amide bonds. The van der Waals surface area contributed by atoms with Crippen LogP contribution in [0.3, 0.4) is 0 Å². The van der Waals surface area contributed by atoms with E-state index in [1.165, 1.54) is 0 Å². The number of amides is 8. The summed E-state index contributed by atoms with van der Waals surface area (Å²) < 4.78 is 0. The summed E-state index contributed by atoms with van der Waals surface area (Å²) in [4.78, 5) is 144. The average Bonchev–Trinajstić information content (AvgIpc) is 3.36. The molecule has 0 aliphatic rings. The second-order valence-electron chi connectivity index (χ2n) is 20.0. The summed E-state index contributed by atoms with van der Waals surface area (Å²) in [5.41, 5.74) is 99.9. The van der Waals surface area contributed by atoms with Crippen LogP contribution in [0.25, 0.3) is 0 Å². The van der Waals surface area contributed by atoms with E-state index in [0.29, 0.717) is 6.42 Å². The summed E-state index contributed by atoms with van der Waals surface area (Å²) in [6, 6.07) is -11.0. The molecule has 0 bridgehead atoms. The first-order valence-electron chi connectivity index (χ1n) is 28.5. The van der Waals surface area contributed by atoms with Gasteiger partial charge in [0, 0.05) is 52.4 Å². The minimum atomic E-state index is -1.51. The highest BCUT2D eigenvalue weighted by molar-refractivity contribution is 5.98. The molecule has 89 heavy (non-hydrogen) atoms. The Morgan fingerprint density at radius 1 is 0.225 bits per heavy atom. The number of nitrogens with zero attached hydrogens (tertiary/aromatic N) is 8. The Morgan fingerprint density at radius 2 is 0.371 bits per heavy atom. The number of carbonyl (C=O) groups excluding carboxylic acids is 8. The van der Waals surface area contributed by atoms with Crippen molar-refractivity contribution in [1.82, 2.24) is 37.2 Å². The van der Waals surface area contributed by atoms with Crippen LogP contribution in [0.15, 0.2) is 39.9 Å². The van der Waals surface area contributed by atoms with Crippen molar-refractivity contribution >= 4 is 94.9 Å². The van der Waals surface area contributed by atoms with Gasteiger partial charge >= 0.3 is 0 Å². The molecular weight excluding hydrogens is 1170 g/mol. The van der Waals surface area contributed by atoms with Crippen molar-refractivity contribution in [3.8, 4) is 0 Å². The molecule has 41 heteroatoms. The molecule has 0 saturated heterocycles. The predicted octanol–water partition coefficient (Wildman–Crippen LogP) is -12.4. The van der Waals surface area contributed by atoms with Crippen LogP contribution in [0.2, 0.25) is 0 Å². The number of rotatable bonds is 47. The van der Waals surface area contributed by atoms with E-state index in [4.69, 9.17) is 103 Å². The summed E-state index contributed by atoms with van der Waals surface area (Å²) in [7, 11) is 0. The Kier molecular flexibility index (Phi) is 40.1. The number of primary amides is 1. The maximum Gasteiger partial charge on any atom is 0.243 e. The third kappa shape index (κ3) is 40.0. The van der Waals surface area contributed by atoms with E-state index < -0.39 is 95.6 Å². The van der Waals surface area contributed by atoms with E-state index in [1.54, 1.807) is 0 Å². The van der Waals surface area contributed by atoms with Gasteiger partial charge in [0.15, 0.2) is 47.7 Å². The molecule has 0 aromatic heterocycles. The van der Waals surface area contributed by atoms with E-state index in [2.05, 4.69) is 77.2 Å². The van der Waals surface area contributed by atoms with Crippen molar-refractivity contribution in [2.24, 2.45) is 143 Å². The van der Waals surface area contributed by atoms with Gasteiger partial charge in [0.05, 0.1) is 6.04 Å². The molecule has 504 valence electrons. The van der Waals surface area contributed by atoms with Gasteiger partial charge in [0.1, 0.15) is 42.3 Å². The van der Waals surface area contributed by atoms with Crippen LogP contribution in [0, 0.1) is 0 Å². The third-order valence-electron chi connectivity index (χ3n) is 12.4. The molecule has 0 aliphatic heterocycles. The zero-order valence-electron chi connectivity index (χ0n) is 50.3. The van der Waals surface area contributed by atoms with E-state index in [-0.39, 0.29) is 196 Å². The maximum atomic E-state index is 14.7. The zero-order valence-corrected chi connectivity index (χ0v) is 50.3. The fourth-order valence-electron chi connectivity index (χ4n) is 7.99. The molecule has 0 aromatic carbocycles. The lowest BCUT2D eigenvalue weighted by Gasteiger charge is -2.28. The molecule has 0 unspecified atom stereocenters. The first-order chi connectivity index (χ1) is 41.9. The van der Waals surface area contributed by atoms with E-state index >= 15 is 0 Å². The number of nitrogens with one attached hydrogen (secondary N) is 7. The topological polar surface area (TPSA) is 788 Å². The smallest absolute Gasteiger partial charge is 0.243 e. The van der Waals surface area contributed by atoms with Gasteiger partial charge in [-0.05, 0) is 103 Å². The van der Waals surface area contributed by atoms with Crippen molar-refractivity contribution in [2.45, 2.75) is 151 Å². The first kappa shape index (κ1) is 78.9. The number of aliphatic imine (C=N–C) groups is 8. The fraction of sp³-hybridized carbons (Fsp3) is 0.667. The molecule has 0 rings (SSSR count). The van der Waals surface area contributed by atoms with Crippen LogP contribution < -0.4 is 140 Å². The highest BCUT2D eigenvalue weighted by Gasteiger charge is 2.34. The molecule has 41 nitrogen and oxygen atoms in total. The van der Waals surface area contributed by atoms with Crippen LogP contribution in [-0.4, -0.2) is 196 Å².